The summed E-state index contributed by atoms with van der Waals surface area (Å²) in [6, 6.07) is 9.16. The molecule has 2 amide bonds. The number of carbonyl (C=O) groups is 2. The Balaban J connectivity index is 1.51. The van der Waals surface area contributed by atoms with Crippen molar-refractivity contribution in [2.24, 2.45) is 0 Å². The topological polar surface area (TPSA) is 133 Å². The molecule has 14 heteroatoms. The van der Waals surface area contributed by atoms with E-state index in [1.165, 1.54) is 43.9 Å². The van der Waals surface area contributed by atoms with E-state index in [0.717, 1.165) is 22.9 Å². The first-order valence-corrected chi connectivity index (χ1v) is 11.5. The number of alkyl halides is 3. The lowest BCUT2D eigenvalue weighted by atomic mass is 10.2. The maximum atomic E-state index is 13.7. The molecule has 0 bridgehead atoms. The molecule has 4 heterocycles. The number of pyridine rings is 3. The predicted octanol–water partition coefficient (Wildman–Crippen LogP) is 2.52. The van der Waals surface area contributed by atoms with Gasteiger partial charge in [0.25, 0.3) is 11.5 Å². The molecule has 39 heavy (non-hydrogen) atoms. The van der Waals surface area contributed by atoms with Gasteiger partial charge in [-0.1, -0.05) is 0 Å². The molecular weight excluding hydrogens is 519 g/mol. The van der Waals surface area contributed by atoms with E-state index in [1.54, 1.807) is 12.1 Å². The highest BCUT2D eigenvalue weighted by Crippen LogP contribution is 2.33. The Morgan fingerprint density at radius 1 is 1.10 bits per heavy atom. The maximum absolute atomic E-state index is 13.7. The Hall–Kier alpha value is -4.85. The van der Waals surface area contributed by atoms with Crippen molar-refractivity contribution in [3.8, 4) is 16.9 Å². The fourth-order valence-electron chi connectivity index (χ4n) is 3.50. The number of halogens is 3. The molecule has 0 unspecified atom stereocenters. The number of carbonyl (C=O) groups excluding carboxylic acids is 2. The van der Waals surface area contributed by atoms with Crippen LogP contribution in [-0.4, -0.2) is 56.4 Å². The van der Waals surface area contributed by atoms with E-state index in [4.69, 9.17) is 4.74 Å². The van der Waals surface area contributed by atoms with Gasteiger partial charge in [-0.15, -0.1) is 0 Å². The highest BCUT2D eigenvalue weighted by molar-refractivity contribution is 6.03. The summed E-state index contributed by atoms with van der Waals surface area (Å²) in [6.07, 6.45) is 0.569. The van der Waals surface area contributed by atoms with Gasteiger partial charge in [0.2, 0.25) is 5.91 Å². The zero-order valence-corrected chi connectivity index (χ0v) is 20.5. The molecule has 0 saturated carbocycles. The Morgan fingerprint density at radius 3 is 2.59 bits per heavy atom. The second kappa shape index (κ2) is 11.7. The third-order valence-electron chi connectivity index (χ3n) is 5.38. The van der Waals surface area contributed by atoms with E-state index in [2.05, 4.69) is 25.7 Å². The van der Waals surface area contributed by atoms with Gasteiger partial charge >= 0.3 is 6.18 Å². The van der Waals surface area contributed by atoms with E-state index in [0.29, 0.717) is 16.9 Å². The summed E-state index contributed by atoms with van der Waals surface area (Å²) < 4.78 is 47.8. The second-order valence-corrected chi connectivity index (χ2v) is 8.15. The van der Waals surface area contributed by atoms with Crippen LogP contribution in [-0.2, 0) is 22.3 Å². The molecule has 4 aromatic rings. The largest absolute Gasteiger partial charge is 0.433 e. The van der Waals surface area contributed by atoms with Crippen LogP contribution in [0.4, 0.5) is 19.0 Å². The molecule has 11 nitrogen and oxygen atoms in total. The molecule has 2 N–H and O–H groups in total. The molecule has 0 aliphatic heterocycles. The van der Waals surface area contributed by atoms with Gasteiger partial charge in [0.15, 0.2) is 0 Å². The van der Waals surface area contributed by atoms with Crippen LogP contribution in [0.3, 0.4) is 0 Å². The molecule has 0 aliphatic rings. The van der Waals surface area contributed by atoms with Crippen LogP contribution in [0.1, 0.15) is 16.1 Å². The summed E-state index contributed by atoms with van der Waals surface area (Å²) in [5.41, 5.74) is -0.918. The lowest BCUT2D eigenvalue weighted by molar-refractivity contribution is -0.142. The standard InChI is InChI=1S/C25H22F3N7O4/c1-39-10-9-30-22(36)15-34-14-17(4-7-23(34)37)24(38)32-21-6-5-18(13-31-21)35-20(25(26,27)28)11-19(33-35)16-3-2-8-29-12-16/h2-8,11-14H,9-10,15H2,1H3,(H,30,36)(H,31,32,38). The van der Waals surface area contributed by atoms with Crippen LogP contribution in [0, 0.1) is 0 Å². The number of hydrogen-bond acceptors (Lipinski definition) is 7. The van der Waals surface area contributed by atoms with Gasteiger partial charge in [0, 0.05) is 43.9 Å². The van der Waals surface area contributed by atoms with Crippen LogP contribution in [0.15, 0.2) is 72.0 Å². The minimum atomic E-state index is -4.69. The third-order valence-corrected chi connectivity index (χ3v) is 5.38. The normalized spacial score (nSPS) is 11.3. The number of nitrogens with zero attached hydrogens (tertiary/aromatic N) is 5. The first-order chi connectivity index (χ1) is 18.7. The summed E-state index contributed by atoms with van der Waals surface area (Å²) in [6.45, 7) is 0.265. The van der Waals surface area contributed by atoms with Crippen LogP contribution >= 0.6 is 0 Å². The zero-order chi connectivity index (χ0) is 28.0. The number of ether oxygens (including phenoxy) is 1. The first kappa shape index (κ1) is 27.2. The number of rotatable bonds is 9. The third kappa shape index (κ3) is 6.73. The van der Waals surface area contributed by atoms with Gasteiger partial charge in [0.1, 0.15) is 18.1 Å². The summed E-state index contributed by atoms with van der Waals surface area (Å²) in [4.78, 5) is 44.8. The van der Waals surface area contributed by atoms with Gasteiger partial charge in [-0.2, -0.15) is 18.3 Å². The number of anilines is 1. The van der Waals surface area contributed by atoms with E-state index < -0.39 is 29.2 Å². The Labute approximate surface area is 219 Å². The van der Waals surface area contributed by atoms with Gasteiger partial charge in [-0.05, 0) is 36.4 Å². The van der Waals surface area contributed by atoms with Gasteiger partial charge in [-0.3, -0.25) is 19.4 Å². The molecule has 202 valence electrons. The van der Waals surface area contributed by atoms with Crippen LogP contribution in [0.25, 0.3) is 16.9 Å². The van der Waals surface area contributed by atoms with Crippen LogP contribution in [0.2, 0.25) is 0 Å². The maximum Gasteiger partial charge on any atom is 0.433 e. The van der Waals surface area contributed by atoms with E-state index >= 15 is 0 Å². The van der Waals surface area contributed by atoms with Crippen molar-refractivity contribution in [2.75, 3.05) is 25.6 Å². The Morgan fingerprint density at radius 2 is 1.92 bits per heavy atom. The molecule has 4 aromatic heterocycles. The summed E-state index contributed by atoms with van der Waals surface area (Å²) >= 11 is 0. The van der Waals surface area contributed by atoms with Crippen LogP contribution in [0.5, 0.6) is 0 Å². The molecule has 0 aliphatic carbocycles. The average Bonchev–Trinajstić information content (AvgIpc) is 3.37. The molecule has 0 atom stereocenters. The number of nitrogens with one attached hydrogen (secondary N) is 2. The van der Waals surface area contributed by atoms with Crippen molar-refractivity contribution < 1.29 is 27.5 Å². The SMILES string of the molecule is COCCNC(=O)Cn1cc(C(=O)Nc2ccc(-n3nc(-c4cccnc4)cc3C(F)(F)F)cn2)ccc1=O. The fraction of sp³-hybridized carbons (Fsp3) is 0.200. The predicted molar refractivity (Wildman–Crippen MR) is 133 cm³/mol. The van der Waals surface area contributed by atoms with Gasteiger partial charge in [-0.25, -0.2) is 9.67 Å². The molecule has 0 spiro atoms. The van der Waals surface area contributed by atoms with E-state index in [1.807, 2.05) is 0 Å². The average molecular weight is 541 g/mol. The molecule has 0 radical (unpaired) electrons. The highest BCUT2D eigenvalue weighted by Gasteiger charge is 2.36. The minimum Gasteiger partial charge on any atom is -0.383 e. The second-order valence-electron chi connectivity index (χ2n) is 8.15. The minimum absolute atomic E-state index is 0.0171. The summed E-state index contributed by atoms with van der Waals surface area (Å²) in [7, 11) is 1.48. The van der Waals surface area contributed by atoms with E-state index in [9.17, 15) is 27.6 Å². The van der Waals surface area contributed by atoms with Crippen molar-refractivity contribution in [1.82, 2.24) is 29.6 Å². The van der Waals surface area contributed by atoms with Crippen LogP contribution < -0.4 is 16.2 Å². The van der Waals surface area contributed by atoms with Gasteiger partial charge in [0.05, 0.1) is 29.7 Å². The number of methoxy groups -OCH3 is 1. The first-order valence-electron chi connectivity index (χ1n) is 11.5. The molecule has 0 fully saturated rings. The number of amides is 2. The summed E-state index contributed by atoms with van der Waals surface area (Å²) in [5, 5.41) is 9.17. The molecule has 4 rings (SSSR count). The summed E-state index contributed by atoms with van der Waals surface area (Å²) in [5.74, 6) is -1.03. The van der Waals surface area contributed by atoms with Crippen molar-refractivity contribution in [1.29, 1.82) is 0 Å². The monoisotopic (exact) mass is 541 g/mol. The molecule has 0 saturated heterocycles. The lowest BCUT2D eigenvalue weighted by Gasteiger charge is -2.11. The quantitative estimate of drug-likeness (QED) is 0.311. The smallest absolute Gasteiger partial charge is 0.383 e. The van der Waals surface area contributed by atoms with Crippen molar-refractivity contribution in [3.63, 3.8) is 0 Å². The number of hydrogen-bond donors (Lipinski definition) is 2. The van der Waals surface area contributed by atoms with E-state index in [-0.39, 0.29) is 35.9 Å². The number of aromatic nitrogens is 5. The van der Waals surface area contributed by atoms with Crippen molar-refractivity contribution >= 4 is 17.6 Å². The Bertz CT molecular complexity index is 1520. The van der Waals surface area contributed by atoms with Crippen molar-refractivity contribution in [3.05, 3.63) is 88.9 Å². The molecule has 0 aromatic carbocycles. The Kier molecular flexibility index (Phi) is 8.15. The fourth-order valence-corrected chi connectivity index (χ4v) is 3.50. The van der Waals surface area contributed by atoms with Gasteiger partial charge < -0.3 is 19.9 Å². The molecular formula is C25H22F3N7O4. The van der Waals surface area contributed by atoms with Crippen molar-refractivity contribution in [2.45, 2.75) is 12.7 Å². The lowest BCUT2D eigenvalue weighted by Crippen LogP contribution is -2.34. The zero-order valence-electron chi connectivity index (χ0n) is 20.5. The highest BCUT2D eigenvalue weighted by atomic mass is 19.4.